The van der Waals surface area contributed by atoms with Crippen LogP contribution < -0.4 is 4.74 Å². The standard InChI is InChI=1S/C37H32N4O/c1-4-26-10-8-11-27(5-2)37(26)28-23-39-40(24-28)29-12-9-13-30(21-29)42-31-16-17-33-32-14-6-7-15-34(32)41(35(33)22-31)36-20-25(3)18-19-38-36/h6-24H,4-5H2,1-3H3. The normalized spacial score (nSPS) is 11.4. The molecule has 0 bridgehead atoms. The molecule has 0 saturated heterocycles. The number of rotatable bonds is 7. The maximum Gasteiger partial charge on any atom is 0.137 e. The van der Waals surface area contributed by atoms with Crippen LogP contribution in [-0.2, 0) is 12.8 Å². The Labute approximate surface area is 245 Å². The molecule has 0 unspecified atom stereocenters. The molecule has 7 aromatic rings. The zero-order valence-corrected chi connectivity index (χ0v) is 24.1. The number of fused-ring (bicyclic) bond motifs is 3. The van der Waals surface area contributed by atoms with Crippen LogP contribution in [0.25, 0.3) is 44.4 Å². The average molecular weight is 549 g/mol. The molecule has 4 aromatic carbocycles. The van der Waals surface area contributed by atoms with E-state index >= 15 is 0 Å². The summed E-state index contributed by atoms with van der Waals surface area (Å²) >= 11 is 0. The first-order valence-corrected chi connectivity index (χ1v) is 14.5. The summed E-state index contributed by atoms with van der Waals surface area (Å²) in [6.45, 7) is 6.50. The van der Waals surface area contributed by atoms with Crippen LogP contribution in [0.5, 0.6) is 11.5 Å². The third-order valence-corrected chi connectivity index (χ3v) is 7.96. The molecule has 0 atom stereocenters. The molecule has 0 N–H and O–H groups in total. The summed E-state index contributed by atoms with van der Waals surface area (Å²) in [5.74, 6) is 2.41. The Kier molecular flexibility index (Phi) is 6.55. The van der Waals surface area contributed by atoms with Crippen molar-refractivity contribution in [1.29, 1.82) is 0 Å². The van der Waals surface area contributed by atoms with Crippen molar-refractivity contribution in [2.24, 2.45) is 0 Å². The molecule has 7 rings (SSSR count). The Hall–Kier alpha value is -5.16. The molecule has 0 amide bonds. The highest BCUT2D eigenvalue weighted by Gasteiger charge is 2.15. The maximum absolute atomic E-state index is 6.45. The van der Waals surface area contributed by atoms with Crippen LogP contribution in [0.2, 0.25) is 0 Å². The third kappa shape index (κ3) is 4.53. The number of nitrogens with zero attached hydrogens (tertiary/aromatic N) is 4. The zero-order valence-electron chi connectivity index (χ0n) is 24.1. The van der Waals surface area contributed by atoms with Gasteiger partial charge in [0.05, 0.1) is 22.9 Å². The lowest BCUT2D eigenvalue weighted by Gasteiger charge is -2.11. The van der Waals surface area contributed by atoms with Gasteiger partial charge in [0.25, 0.3) is 0 Å². The molecule has 5 heteroatoms. The number of hydrogen-bond acceptors (Lipinski definition) is 3. The van der Waals surface area contributed by atoms with E-state index in [0.29, 0.717) is 0 Å². The van der Waals surface area contributed by atoms with Crippen molar-refractivity contribution in [2.75, 3.05) is 0 Å². The number of ether oxygens (including phenoxy) is 1. The lowest BCUT2D eigenvalue weighted by atomic mass is 9.94. The van der Waals surface area contributed by atoms with Gasteiger partial charge < -0.3 is 4.74 Å². The Morgan fingerprint density at radius 1 is 0.714 bits per heavy atom. The fourth-order valence-electron chi connectivity index (χ4n) is 5.94. The fraction of sp³-hybridized carbons (Fsp3) is 0.135. The number of aryl methyl sites for hydroxylation is 3. The number of hydrogen-bond donors (Lipinski definition) is 0. The molecule has 0 radical (unpaired) electrons. The van der Waals surface area contributed by atoms with Crippen molar-refractivity contribution in [3.05, 3.63) is 132 Å². The average Bonchev–Trinajstić information content (AvgIpc) is 3.64. The van der Waals surface area contributed by atoms with Crippen LogP contribution in [0.1, 0.15) is 30.5 Å². The van der Waals surface area contributed by atoms with Gasteiger partial charge in [0, 0.05) is 40.9 Å². The van der Waals surface area contributed by atoms with E-state index in [0.717, 1.165) is 57.8 Å². The minimum absolute atomic E-state index is 0.753. The van der Waals surface area contributed by atoms with Crippen LogP contribution in [-0.4, -0.2) is 19.3 Å². The maximum atomic E-state index is 6.45. The van der Waals surface area contributed by atoms with Gasteiger partial charge in [-0.1, -0.05) is 56.3 Å². The molecule has 0 aliphatic heterocycles. The quantitative estimate of drug-likeness (QED) is 0.199. The van der Waals surface area contributed by atoms with E-state index in [4.69, 9.17) is 14.8 Å². The van der Waals surface area contributed by atoms with Crippen molar-refractivity contribution in [1.82, 2.24) is 19.3 Å². The predicted molar refractivity (Wildman–Crippen MR) is 171 cm³/mol. The monoisotopic (exact) mass is 548 g/mol. The minimum Gasteiger partial charge on any atom is -0.457 e. The van der Waals surface area contributed by atoms with Gasteiger partial charge in [0.15, 0.2) is 0 Å². The van der Waals surface area contributed by atoms with Gasteiger partial charge in [-0.15, -0.1) is 0 Å². The van der Waals surface area contributed by atoms with Crippen molar-refractivity contribution >= 4 is 21.8 Å². The highest BCUT2D eigenvalue weighted by atomic mass is 16.5. The lowest BCUT2D eigenvalue weighted by Crippen LogP contribution is -1.98. The molecule has 3 heterocycles. The van der Waals surface area contributed by atoms with Crippen molar-refractivity contribution in [3.63, 3.8) is 0 Å². The van der Waals surface area contributed by atoms with Crippen LogP contribution in [0.15, 0.2) is 116 Å². The summed E-state index contributed by atoms with van der Waals surface area (Å²) in [5.41, 5.74) is 9.42. The van der Waals surface area contributed by atoms with Crippen molar-refractivity contribution < 1.29 is 4.74 Å². The van der Waals surface area contributed by atoms with E-state index in [2.05, 4.69) is 98.3 Å². The van der Waals surface area contributed by atoms with E-state index in [1.54, 1.807) is 0 Å². The van der Waals surface area contributed by atoms with E-state index in [1.165, 1.54) is 27.6 Å². The third-order valence-electron chi connectivity index (χ3n) is 7.96. The first-order chi connectivity index (χ1) is 20.6. The second-order valence-electron chi connectivity index (χ2n) is 10.7. The SMILES string of the molecule is CCc1cccc(CC)c1-c1cnn(-c2cccc(Oc3ccc4c5ccccc5n(-c5cc(C)ccn5)c4c3)c2)c1. The number of pyridine rings is 1. The van der Waals surface area contributed by atoms with Gasteiger partial charge >= 0.3 is 0 Å². The molecule has 206 valence electrons. The first-order valence-electron chi connectivity index (χ1n) is 14.5. The predicted octanol–water partition coefficient (Wildman–Crippen LogP) is 9.26. The van der Waals surface area contributed by atoms with Crippen molar-refractivity contribution in [3.8, 4) is 34.1 Å². The largest absolute Gasteiger partial charge is 0.457 e. The molecule has 3 aromatic heterocycles. The van der Waals surface area contributed by atoms with Gasteiger partial charge in [-0.05, 0) is 84.5 Å². The molecular formula is C37H32N4O. The summed E-state index contributed by atoms with van der Waals surface area (Å²) in [4.78, 5) is 4.70. The molecule has 0 spiro atoms. The molecule has 0 aliphatic rings. The Bertz CT molecular complexity index is 2040. The highest BCUT2D eigenvalue weighted by molar-refractivity contribution is 6.09. The van der Waals surface area contributed by atoms with Crippen LogP contribution in [0, 0.1) is 6.92 Å². The summed E-state index contributed by atoms with van der Waals surface area (Å²) in [7, 11) is 0. The Morgan fingerprint density at radius 2 is 1.48 bits per heavy atom. The molecule has 0 saturated carbocycles. The summed E-state index contributed by atoms with van der Waals surface area (Å²) in [6.07, 6.45) is 7.92. The minimum atomic E-state index is 0.753. The molecule has 5 nitrogen and oxygen atoms in total. The van der Waals surface area contributed by atoms with Crippen molar-refractivity contribution in [2.45, 2.75) is 33.6 Å². The van der Waals surface area contributed by atoms with E-state index in [-0.39, 0.29) is 0 Å². The molecular weight excluding hydrogens is 516 g/mol. The lowest BCUT2D eigenvalue weighted by molar-refractivity contribution is 0.483. The molecule has 42 heavy (non-hydrogen) atoms. The second kappa shape index (κ2) is 10.7. The smallest absolute Gasteiger partial charge is 0.137 e. The number of benzene rings is 4. The first kappa shape index (κ1) is 25.8. The van der Waals surface area contributed by atoms with Gasteiger partial charge in [-0.25, -0.2) is 9.67 Å². The summed E-state index contributed by atoms with van der Waals surface area (Å²) in [5, 5.41) is 7.08. The molecule has 0 fully saturated rings. The highest BCUT2D eigenvalue weighted by Crippen LogP contribution is 2.35. The van der Waals surface area contributed by atoms with Crippen LogP contribution >= 0.6 is 0 Å². The van der Waals surface area contributed by atoms with E-state index in [1.807, 2.05) is 47.4 Å². The summed E-state index contributed by atoms with van der Waals surface area (Å²) in [6, 6.07) is 33.5. The van der Waals surface area contributed by atoms with Gasteiger partial charge in [-0.2, -0.15) is 5.10 Å². The van der Waals surface area contributed by atoms with Crippen LogP contribution in [0.3, 0.4) is 0 Å². The van der Waals surface area contributed by atoms with E-state index in [9.17, 15) is 0 Å². The Morgan fingerprint density at radius 3 is 2.29 bits per heavy atom. The zero-order chi connectivity index (χ0) is 28.6. The number of para-hydroxylation sites is 1. The second-order valence-corrected chi connectivity index (χ2v) is 10.7. The number of aromatic nitrogens is 4. The Balaban J connectivity index is 1.25. The van der Waals surface area contributed by atoms with Crippen LogP contribution in [0.4, 0.5) is 0 Å². The topological polar surface area (TPSA) is 44.9 Å². The van der Waals surface area contributed by atoms with E-state index < -0.39 is 0 Å². The van der Waals surface area contributed by atoms with Gasteiger partial charge in [0.2, 0.25) is 0 Å². The molecule has 0 aliphatic carbocycles. The van der Waals surface area contributed by atoms with Gasteiger partial charge in [0.1, 0.15) is 17.3 Å². The fourth-order valence-corrected chi connectivity index (χ4v) is 5.94. The summed E-state index contributed by atoms with van der Waals surface area (Å²) < 4.78 is 10.6. The van der Waals surface area contributed by atoms with Gasteiger partial charge in [-0.3, -0.25) is 4.57 Å².